The van der Waals surface area contributed by atoms with Crippen molar-refractivity contribution >= 4 is 11.6 Å². The highest BCUT2D eigenvalue weighted by molar-refractivity contribution is 6.31. The van der Waals surface area contributed by atoms with Crippen LogP contribution in [-0.4, -0.2) is 21.9 Å². The minimum absolute atomic E-state index is 0.173. The molecule has 0 spiro atoms. The van der Waals surface area contributed by atoms with E-state index in [1.54, 1.807) is 0 Å². The largest absolute Gasteiger partial charge is 0.370 e. The Labute approximate surface area is 107 Å². The summed E-state index contributed by atoms with van der Waals surface area (Å²) in [4.78, 5) is 0. The van der Waals surface area contributed by atoms with Gasteiger partial charge in [0.2, 0.25) is 0 Å². The first kappa shape index (κ1) is 12.9. The van der Waals surface area contributed by atoms with Crippen molar-refractivity contribution in [2.75, 3.05) is 0 Å². The smallest absolute Gasteiger partial charge is 0.0904 e. The van der Waals surface area contributed by atoms with Crippen molar-refractivity contribution in [3.63, 3.8) is 0 Å². The molecule has 1 saturated carbocycles. The molecular weight excluding hydrogens is 238 g/mol. The molecule has 1 aliphatic carbocycles. The van der Waals surface area contributed by atoms with Gasteiger partial charge in [0.25, 0.3) is 0 Å². The molecule has 0 amide bonds. The maximum absolute atomic E-state index is 6.22. The van der Waals surface area contributed by atoms with E-state index in [4.69, 9.17) is 22.1 Å². The van der Waals surface area contributed by atoms with Gasteiger partial charge in [-0.3, -0.25) is 4.68 Å². The zero-order valence-corrected chi connectivity index (χ0v) is 11.2. The van der Waals surface area contributed by atoms with E-state index >= 15 is 0 Å². The van der Waals surface area contributed by atoms with E-state index in [0.717, 1.165) is 42.2 Å². The minimum atomic E-state index is 0.173. The molecule has 2 unspecified atom stereocenters. The van der Waals surface area contributed by atoms with Gasteiger partial charge in [0, 0.05) is 12.6 Å². The van der Waals surface area contributed by atoms with Gasteiger partial charge in [-0.1, -0.05) is 11.6 Å². The summed E-state index contributed by atoms with van der Waals surface area (Å²) >= 11 is 6.22. The Morgan fingerprint density at radius 1 is 1.53 bits per heavy atom. The predicted molar refractivity (Wildman–Crippen MR) is 68.1 cm³/mol. The number of hydrogen-bond donors (Lipinski definition) is 1. The van der Waals surface area contributed by atoms with Crippen LogP contribution in [0.25, 0.3) is 0 Å². The summed E-state index contributed by atoms with van der Waals surface area (Å²) in [6.07, 6.45) is 3.44. The molecule has 1 aromatic heterocycles. The highest BCUT2D eigenvalue weighted by Crippen LogP contribution is 2.25. The molecule has 2 N–H and O–H groups in total. The molecule has 1 aliphatic rings. The third-order valence-corrected chi connectivity index (χ3v) is 3.88. The number of aromatic nitrogens is 2. The fourth-order valence-electron chi connectivity index (χ4n) is 2.35. The Balaban J connectivity index is 2.03. The zero-order chi connectivity index (χ0) is 12.4. The molecule has 2 rings (SSSR count). The number of nitrogens with zero attached hydrogens (tertiary/aromatic N) is 2. The van der Waals surface area contributed by atoms with Crippen molar-refractivity contribution in [1.82, 2.24) is 9.78 Å². The van der Waals surface area contributed by atoms with Gasteiger partial charge in [0.15, 0.2) is 0 Å². The van der Waals surface area contributed by atoms with Crippen LogP contribution in [0.1, 0.15) is 37.6 Å². The first-order valence-electron chi connectivity index (χ1n) is 6.22. The molecule has 0 aliphatic heterocycles. The van der Waals surface area contributed by atoms with Gasteiger partial charge in [-0.05, 0) is 33.1 Å². The summed E-state index contributed by atoms with van der Waals surface area (Å²) < 4.78 is 7.77. The zero-order valence-electron chi connectivity index (χ0n) is 10.4. The van der Waals surface area contributed by atoms with Crippen LogP contribution in [0.4, 0.5) is 0 Å². The second-order valence-corrected chi connectivity index (χ2v) is 4.98. The van der Waals surface area contributed by atoms with Gasteiger partial charge in [-0.15, -0.1) is 0 Å². The third kappa shape index (κ3) is 2.64. The molecule has 96 valence electrons. The molecule has 1 fully saturated rings. The SMILES string of the molecule is CCn1nc(C)c(Cl)c1COC1CCCC1N. The molecular formula is C12H20ClN3O. The van der Waals surface area contributed by atoms with Crippen molar-refractivity contribution in [1.29, 1.82) is 0 Å². The molecule has 1 heterocycles. The average molecular weight is 258 g/mol. The summed E-state index contributed by atoms with van der Waals surface area (Å²) in [6.45, 7) is 5.28. The molecule has 0 aromatic carbocycles. The van der Waals surface area contributed by atoms with Crippen molar-refractivity contribution < 1.29 is 4.74 Å². The molecule has 0 radical (unpaired) electrons. The Morgan fingerprint density at radius 2 is 2.29 bits per heavy atom. The summed E-state index contributed by atoms with van der Waals surface area (Å²) in [5, 5.41) is 5.09. The Morgan fingerprint density at radius 3 is 2.88 bits per heavy atom. The molecule has 4 nitrogen and oxygen atoms in total. The molecule has 2 atom stereocenters. The normalized spacial score (nSPS) is 24.5. The summed E-state index contributed by atoms with van der Waals surface area (Å²) in [5.41, 5.74) is 7.80. The highest BCUT2D eigenvalue weighted by Gasteiger charge is 2.25. The number of nitrogens with two attached hydrogens (primary N) is 1. The van der Waals surface area contributed by atoms with E-state index in [9.17, 15) is 0 Å². The molecule has 17 heavy (non-hydrogen) atoms. The highest BCUT2D eigenvalue weighted by atomic mass is 35.5. The Bertz CT molecular complexity index is 391. The van der Waals surface area contributed by atoms with Crippen molar-refractivity contribution in [2.45, 2.75) is 58.4 Å². The maximum atomic E-state index is 6.22. The number of halogens is 1. The molecule has 5 heteroatoms. The van der Waals surface area contributed by atoms with Gasteiger partial charge in [0.05, 0.1) is 29.1 Å². The lowest BCUT2D eigenvalue weighted by Crippen LogP contribution is -2.31. The van der Waals surface area contributed by atoms with E-state index in [2.05, 4.69) is 5.10 Å². The Hall–Kier alpha value is -0.580. The van der Waals surface area contributed by atoms with Crippen LogP contribution in [0.5, 0.6) is 0 Å². The standard InChI is InChI=1S/C12H20ClN3O/c1-3-16-10(12(13)8(2)15-16)7-17-11-6-4-5-9(11)14/h9,11H,3-7,14H2,1-2H3. The number of hydrogen-bond acceptors (Lipinski definition) is 3. The molecule has 1 aromatic rings. The van der Waals surface area contributed by atoms with Crippen LogP contribution in [0.3, 0.4) is 0 Å². The lowest BCUT2D eigenvalue weighted by Gasteiger charge is -2.16. The third-order valence-electron chi connectivity index (χ3n) is 3.39. The fourth-order valence-corrected chi connectivity index (χ4v) is 2.54. The molecule has 0 saturated heterocycles. The quantitative estimate of drug-likeness (QED) is 0.900. The van der Waals surface area contributed by atoms with Gasteiger partial charge in [-0.25, -0.2) is 0 Å². The van der Waals surface area contributed by atoms with Crippen molar-refractivity contribution in [3.05, 3.63) is 16.4 Å². The minimum Gasteiger partial charge on any atom is -0.370 e. The fraction of sp³-hybridized carbons (Fsp3) is 0.750. The lowest BCUT2D eigenvalue weighted by molar-refractivity contribution is 0.0320. The van der Waals surface area contributed by atoms with E-state index < -0.39 is 0 Å². The Kier molecular flexibility index (Phi) is 4.07. The van der Waals surface area contributed by atoms with Crippen LogP contribution in [0, 0.1) is 6.92 Å². The van der Waals surface area contributed by atoms with E-state index in [1.165, 1.54) is 0 Å². The van der Waals surface area contributed by atoms with Crippen molar-refractivity contribution in [3.8, 4) is 0 Å². The maximum Gasteiger partial charge on any atom is 0.0904 e. The van der Waals surface area contributed by atoms with Gasteiger partial charge in [0.1, 0.15) is 0 Å². The van der Waals surface area contributed by atoms with Crippen LogP contribution in [-0.2, 0) is 17.9 Å². The summed E-state index contributed by atoms with van der Waals surface area (Å²) in [6, 6.07) is 0.174. The van der Waals surface area contributed by atoms with Crippen LogP contribution < -0.4 is 5.73 Å². The van der Waals surface area contributed by atoms with Gasteiger partial charge >= 0.3 is 0 Å². The second-order valence-electron chi connectivity index (χ2n) is 4.61. The first-order valence-corrected chi connectivity index (χ1v) is 6.60. The van der Waals surface area contributed by atoms with Gasteiger partial charge in [-0.2, -0.15) is 5.10 Å². The molecule has 0 bridgehead atoms. The number of rotatable bonds is 4. The van der Waals surface area contributed by atoms with Crippen LogP contribution in [0.2, 0.25) is 5.02 Å². The topological polar surface area (TPSA) is 53.1 Å². The van der Waals surface area contributed by atoms with E-state index in [-0.39, 0.29) is 12.1 Å². The van der Waals surface area contributed by atoms with Gasteiger partial charge < -0.3 is 10.5 Å². The summed E-state index contributed by atoms with van der Waals surface area (Å²) in [5.74, 6) is 0. The first-order chi connectivity index (χ1) is 8.13. The predicted octanol–water partition coefficient (Wildman–Crippen LogP) is 2.26. The monoisotopic (exact) mass is 257 g/mol. The number of ether oxygens (including phenoxy) is 1. The van der Waals surface area contributed by atoms with Crippen molar-refractivity contribution in [2.24, 2.45) is 5.73 Å². The summed E-state index contributed by atoms with van der Waals surface area (Å²) in [7, 11) is 0. The second kappa shape index (κ2) is 5.38. The lowest BCUT2D eigenvalue weighted by atomic mass is 10.2. The van der Waals surface area contributed by atoms with E-state index in [1.807, 2.05) is 18.5 Å². The average Bonchev–Trinajstić information content (AvgIpc) is 2.83. The number of aryl methyl sites for hydroxylation is 2. The van der Waals surface area contributed by atoms with E-state index in [0.29, 0.717) is 6.61 Å². The van der Waals surface area contributed by atoms with Crippen LogP contribution >= 0.6 is 11.6 Å². The van der Waals surface area contributed by atoms with Crippen LogP contribution in [0.15, 0.2) is 0 Å².